The van der Waals surface area contributed by atoms with Gasteiger partial charge in [0.15, 0.2) is 59.5 Å². The predicted molar refractivity (Wildman–Crippen MR) is 207 cm³/mol. The molecule has 21 nitrogen and oxygen atoms in total. The average molecular weight is 931 g/mol. The summed E-state index contributed by atoms with van der Waals surface area (Å²) in [4.78, 5) is 0. The van der Waals surface area contributed by atoms with Crippen LogP contribution in [0.1, 0.15) is 90.0 Å². The quantitative estimate of drug-likeness (QED) is 0.231. The van der Waals surface area contributed by atoms with Crippen LogP contribution in [0.25, 0.3) is 0 Å². The highest BCUT2D eigenvalue weighted by Gasteiger charge is 2.64. The third-order valence-electron chi connectivity index (χ3n) is 11.8. The summed E-state index contributed by atoms with van der Waals surface area (Å²) in [5.41, 5.74) is 0. The predicted octanol–water partition coefficient (Wildman–Crippen LogP) is 4.61. The topological polar surface area (TPSA) is 210 Å². The Labute approximate surface area is 362 Å². The first-order chi connectivity index (χ1) is 28.6. The van der Waals surface area contributed by atoms with Crippen LogP contribution < -0.4 is 0 Å². The Morgan fingerprint density at radius 1 is 0.452 bits per heavy atom. The Morgan fingerprint density at radius 2 is 0.871 bits per heavy atom. The van der Waals surface area contributed by atoms with Crippen LogP contribution in [0.2, 0.25) is 0 Å². The zero-order chi connectivity index (χ0) is 44.6. The summed E-state index contributed by atoms with van der Waals surface area (Å²) >= 11 is 0. The second-order valence-corrected chi connectivity index (χ2v) is 24.4. The van der Waals surface area contributed by atoms with Gasteiger partial charge in [0.1, 0.15) is 73.2 Å². The van der Waals surface area contributed by atoms with E-state index in [1.165, 1.54) is 0 Å². The van der Waals surface area contributed by atoms with Gasteiger partial charge in [-0.05, 0) is 90.0 Å². The van der Waals surface area contributed by atoms with Crippen molar-refractivity contribution in [3.05, 3.63) is 0 Å². The molecular weight excluding hydrogens is 866 g/mol. The summed E-state index contributed by atoms with van der Waals surface area (Å²) in [7, 11) is -9.08. The number of hydrogen-bond acceptors (Lipinski definition) is 21. The third-order valence-corrected chi connectivity index (χ3v) is 16.8. The van der Waals surface area contributed by atoms with Crippen molar-refractivity contribution < 1.29 is 98.3 Å². The molecule has 0 aliphatic carbocycles. The first-order valence-electron chi connectivity index (χ1n) is 21.5. The molecular formula is C39H64O21P2. The van der Waals surface area contributed by atoms with Gasteiger partial charge in [-0.2, -0.15) is 0 Å². The van der Waals surface area contributed by atoms with Crippen LogP contribution in [0, 0.1) is 0 Å². The van der Waals surface area contributed by atoms with Crippen molar-refractivity contribution in [3.8, 4) is 0 Å². The molecule has 0 aromatic carbocycles. The van der Waals surface area contributed by atoms with Crippen molar-refractivity contribution in [3.63, 3.8) is 0 Å². The highest BCUT2D eigenvalue weighted by atomic mass is 31.2. The molecule has 23 heteroatoms. The fourth-order valence-corrected chi connectivity index (χ4v) is 14.4. The molecule has 9 fully saturated rings. The molecule has 16 atom stereocenters. The van der Waals surface area contributed by atoms with Crippen LogP contribution in [0.3, 0.4) is 0 Å². The summed E-state index contributed by atoms with van der Waals surface area (Å²) in [5.74, 6) is -6.79. The highest BCUT2D eigenvalue weighted by molar-refractivity contribution is 7.71. The van der Waals surface area contributed by atoms with E-state index >= 15 is 9.13 Å². The van der Waals surface area contributed by atoms with Crippen LogP contribution in [0.15, 0.2) is 0 Å². The number of hydrogen-bond donors (Lipinski definition) is 0. The largest absolute Gasteiger partial charge is 0.348 e. The normalized spacial score (nSPS) is 46.2. The standard InChI is InChI=1S/C39H64O21P2/c1-14-43-62(41,60-33-30-25(52-37(8,9)57-30)22(48-33)21-15-42-34(2,3)49-21)18-61(40,44-16-19-23-26(53-35(4,5)50-23)28-31(46-19)58-38(10,11)55-28)45-17-20-24-27(54-36(6,7)51-24)29-32(47-20)59-39(12,13)56-29/h19-33H,14-18H2,1-13H3/t19-,20-,21-,22-,23+,24+,25+,26+,27+,28-,29-,30+,31-,32-,33+,62?/m1/s1. The smallest absolute Gasteiger partial charge is 0.345 e. The van der Waals surface area contributed by atoms with Crippen LogP contribution in [-0.4, -0.2) is 159 Å². The monoisotopic (exact) mass is 930 g/mol. The molecule has 0 radical (unpaired) electrons. The second kappa shape index (κ2) is 15.9. The molecule has 1 unspecified atom stereocenters. The lowest BCUT2D eigenvalue weighted by Crippen LogP contribution is -2.56. The third kappa shape index (κ3) is 9.43. The lowest BCUT2D eigenvalue weighted by Gasteiger charge is -2.38. The Balaban J connectivity index is 0.984. The van der Waals surface area contributed by atoms with Crippen LogP contribution in [0.4, 0.5) is 0 Å². The lowest BCUT2D eigenvalue weighted by molar-refractivity contribution is -0.241. The van der Waals surface area contributed by atoms with Gasteiger partial charge >= 0.3 is 15.2 Å². The van der Waals surface area contributed by atoms with Crippen molar-refractivity contribution in [2.75, 3.05) is 32.3 Å². The maximum absolute atomic E-state index is 15.5. The zero-order valence-corrected chi connectivity index (χ0v) is 39.5. The molecule has 0 bridgehead atoms. The molecule has 0 saturated carbocycles. The highest BCUT2D eigenvalue weighted by Crippen LogP contribution is 2.66. The minimum Gasteiger partial charge on any atom is -0.348 e. The van der Waals surface area contributed by atoms with E-state index in [4.69, 9.17) is 89.1 Å². The van der Waals surface area contributed by atoms with E-state index < -0.39 is 148 Å². The molecule has 0 amide bonds. The van der Waals surface area contributed by atoms with Crippen LogP contribution in [0.5, 0.6) is 0 Å². The minimum atomic E-state index is -4.59. The summed E-state index contributed by atoms with van der Waals surface area (Å²) in [6.45, 7) is 22.2. The fraction of sp³-hybridized carbons (Fsp3) is 1.00. The van der Waals surface area contributed by atoms with Crippen LogP contribution in [-0.2, 0) is 98.3 Å². The van der Waals surface area contributed by atoms with E-state index in [2.05, 4.69) is 0 Å². The van der Waals surface area contributed by atoms with Gasteiger partial charge in [0.25, 0.3) is 0 Å². The maximum atomic E-state index is 15.5. The Morgan fingerprint density at radius 3 is 1.32 bits per heavy atom. The van der Waals surface area contributed by atoms with E-state index in [0.717, 1.165) is 0 Å². The first-order valence-corrected chi connectivity index (χ1v) is 25.0. The minimum absolute atomic E-state index is 0.101. The van der Waals surface area contributed by atoms with Gasteiger partial charge in [0.05, 0.1) is 26.4 Å². The molecule has 9 rings (SSSR count). The van der Waals surface area contributed by atoms with E-state index in [1.807, 2.05) is 0 Å². The van der Waals surface area contributed by atoms with Crippen molar-refractivity contribution in [1.29, 1.82) is 0 Å². The number of ether oxygens (including phenoxy) is 15. The molecule has 9 saturated heterocycles. The van der Waals surface area contributed by atoms with Crippen molar-refractivity contribution in [1.82, 2.24) is 0 Å². The molecule has 9 heterocycles. The molecule has 356 valence electrons. The van der Waals surface area contributed by atoms with E-state index in [0.29, 0.717) is 0 Å². The van der Waals surface area contributed by atoms with Gasteiger partial charge in [0.2, 0.25) is 0 Å². The number of fused-ring (bicyclic) bond motifs is 7. The zero-order valence-electron chi connectivity index (χ0n) is 37.7. The average Bonchev–Trinajstić information content (AvgIpc) is 3.98. The molecule has 62 heavy (non-hydrogen) atoms. The van der Waals surface area contributed by atoms with Crippen molar-refractivity contribution in [2.24, 2.45) is 0 Å². The Hall–Kier alpha value is -0.300. The van der Waals surface area contributed by atoms with E-state index in [9.17, 15) is 0 Å². The second-order valence-electron chi connectivity index (χ2n) is 19.8. The van der Waals surface area contributed by atoms with Gasteiger partial charge in [-0.3, -0.25) is 13.7 Å². The van der Waals surface area contributed by atoms with Crippen molar-refractivity contribution >= 4 is 15.2 Å². The molecule has 0 aromatic rings. The van der Waals surface area contributed by atoms with Gasteiger partial charge in [-0.25, -0.2) is 0 Å². The van der Waals surface area contributed by atoms with Crippen LogP contribution >= 0.6 is 15.2 Å². The summed E-state index contributed by atoms with van der Waals surface area (Å²) in [6.07, 6.45) is -11.7. The molecule has 0 aromatic heterocycles. The summed E-state index contributed by atoms with van der Waals surface area (Å²) in [6, 6.07) is 0. The molecule has 0 N–H and O–H groups in total. The van der Waals surface area contributed by atoms with Gasteiger partial charge in [0, 0.05) is 0 Å². The Kier molecular flexibility index (Phi) is 12.0. The number of rotatable bonds is 13. The van der Waals surface area contributed by atoms with Gasteiger partial charge < -0.3 is 84.6 Å². The molecule has 0 spiro atoms. The van der Waals surface area contributed by atoms with Crippen molar-refractivity contribution in [2.45, 2.75) is 217 Å². The SMILES string of the molecule is CCOP(=O)(CP(=O)(OC[C@H]1O[C@@H]2OC(C)(C)O[C@@H]2[C@H]2OC(C)(C)O[C@H]21)OC[C@H]1O[C@@H]2OC(C)(C)O[C@@H]2[C@H]2OC(C)(C)O[C@H]21)O[C@@H]1O[C@H]([C@H]2COC(C)(C)O2)[C@@H]2OC(C)(C)O[C@H]12. The summed E-state index contributed by atoms with van der Waals surface area (Å²) in [5, 5.41) is 0. The van der Waals surface area contributed by atoms with Gasteiger partial charge in [-0.15, -0.1) is 0 Å². The summed E-state index contributed by atoms with van der Waals surface area (Å²) < 4.78 is 148. The van der Waals surface area contributed by atoms with Gasteiger partial charge in [-0.1, -0.05) is 0 Å². The lowest BCUT2D eigenvalue weighted by atomic mass is 9.99. The van der Waals surface area contributed by atoms with E-state index in [1.54, 1.807) is 90.0 Å². The molecule has 9 aliphatic rings. The molecule has 9 aliphatic heterocycles. The maximum Gasteiger partial charge on any atom is 0.345 e. The fourth-order valence-electron chi connectivity index (χ4n) is 9.67. The Bertz CT molecular complexity index is 1700. The van der Waals surface area contributed by atoms with E-state index in [-0.39, 0.29) is 26.4 Å². The first kappa shape index (κ1) is 46.8.